The van der Waals surface area contributed by atoms with Gasteiger partial charge in [0.15, 0.2) is 0 Å². The first-order valence-corrected chi connectivity index (χ1v) is 10.4. The molecule has 1 N–H and O–H groups in total. The Morgan fingerprint density at radius 2 is 1.83 bits per heavy atom. The zero-order valence-corrected chi connectivity index (χ0v) is 15.7. The number of aryl methyl sites for hydroxylation is 2. The standard InChI is InChI=1S/C18H28N2O3S/c1-4-14-9-7-10-15(5-2)17(14)19-18(21)16-11-8-12-20(13-16)24(22,23)6-3/h7,9-10,16H,4-6,8,11-13H2,1-3H3,(H,19,21)/t16-/m0/s1. The number of nitrogens with zero attached hydrogens (tertiary/aromatic N) is 1. The Hall–Kier alpha value is -1.40. The zero-order chi connectivity index (χ0) is 17.7. The third-order valence-electron chi connectivity index (χ3n) is 4.76. The van der Waals surface area contributed by atoms with Gasteiger partial charge in [0.1, 0.15) is 0 Å². The van der Waals surface area contributed by atoms with Gasteiger partial charge in [0.05, 0.1) is 11.7 Å². The second-order valence-electron chi connectivity index (χ2n) is 6.25. The summed E-state index contributed by atoms with van der Waals surface area (Å²) >= 11 is 0. The van der Waals surface area contributed by atoms with E-state index in [1.165, 1.54) is 4.31 Å². The van der Waals surface area contributed by atoms with Gasteiger partial charge in [0, 0.05) is 18.8 Å². The fraction of sp³-hybridized carbons (Fsp3) is 0.611. The minimum absolute atomic E-state index is 0.0680. The van der Waals surface area contributed by atoms with Crippen LogP contribution in [0.1, 0.15) is 44.7 Å². The quantitative estimate of drug-likeness (QED) is 0.856. The van der Waals surface area contributed by atoms with Crippen LogP contribution in [0.4, 0.5) is 5.69 Å². The molecular formula is C18H28N2O3S. The number of carbonyl (C=O) groups is 1. The van der Waals surface area contributed by atoms with E-state index in [1.54, 1.807) is 6.92 Å². The molecule has 0 saturated carbocycles. The molecule has 6 heteroatoms. The van der Waals surface area contributed by atoms with E-state index < -0.39 is 10.0 Å². The maximum Gasteiger partial charge on any atom is 0.228 e. The largest absolute Gasteiger partial charge is 0.325 e. The van der Waals surface area contributed by atoms with Gasteiger partial charge in [-0.05, 0) is 43.7 Å². The maximum absolute atomic E-state index is 12.7. The molecule has 1 amide bonds. The molecule has 0 aliphatic carbocycles. The molecule has 2 rings (SSSR count). The lowest BCUT2D eigenvalue weighted by atomic mass is 9.97. The van der Waals surface area contributed by atoms with E-state index in [9.17, 15) is 13.2 Å². The van der Waals surface area contributed by atoms with Crippen molar-refractivity contribution in [1.82, 2.24) is 4.31 Å². The number of amides is 1. The molecule has 1 aliphatic rings. The molecule has 1 aliphatic heterocycles. The molecule has 0 aromatic heterocycles. The van der Waals surface area contributed by atoms with Crippen LogP contribution < -0.4 is 5.32 Å². The smallest absolute Gasteiger partial charge is 0.228 e. The highest BCUT2D eigenvalue weighted by molar-refractivity contribution is 7.89. The van der Waals surface area contributed by atoms with Crippen molar-refractivity contribution in [3.63, 3.8) is 0 Å². The number of hydrogen-bond acceptors (Lipinski definition) is 3. The summed E-state index contributed by atoms with van der Waals surface area (Å²) in [5.74, 6) is -0.267. The number of anilines is 1. The summed E-state index contributed by atoms with van der Waals surface area (Å²) in [5, 5.41) is 3.08. The van der Waals surface area contributed by atoms with Crippen LogP contribution in [0.2, 0.25) is 0 Å². The van der Waals surface area contributed by atoms with E-state index in [-0.39, 0.29) is 24.1 Å². The van der Waals surface area contributed by atoms with Crippen LogP contribution in [0.15, 0.2) is 18.2 Å². The third kappa shape index (κ3) is 4.16. The Morgan fingerprint density at radius 3 is 2.38 bits per heavy atom. The van der Waals surface area contributed by atoms with E-state index in [0.29, 0.717) is 6.54 Å². The number of rotatable bonds is 6. The van der Waals surface area contributed by atoms with Crippen molar-refractivity contribution in [2.24, 2.45) is 5.92 Å². The molecule has 1 saturated heterocycles. The van der Waals surface area contributed by atoms with Gasteiger partial charge in [0.2, 0.25) is 15.9 Å². The number of hydrogen-bond donors (Lipinski definition) is 1. The fourth-order valence-electron chi connectivity index (χ4n) is 3.22. The molecule has 24 heavy (non-hydrogen) atoms. The normalized spacial score (nSPS) is 19.2. The molecule has 0 spiro atoms. The third-order valence-corrected chi connectivity index (χ3v) is 6.61. The minimum Gasteiger partial charge on any atom is -0.325 e. The maximum atomic E-state index is 12.7. The molecule has 0 unspecified atom stereocenters. The molecule has 0 bridgehead atoms. The van der Waals surface area contributed by atoms with Crippen LogP contribution in [0, 0.1) is 5.92 Å². The number of piperidine rings is 1. The van der Waals surface area contributed by atoms with Gasteiger partial charge < -0.3 is 5.32 Å². The number of benzene rings is 1. The second-order valence-corrected chi connectivity index (χ2v) is 8.50. The van der Waals surface area contributed by atoms with Crippen molar-refractivity contribution in [1.29, 1.82) is 0 Å². The molecule has 1 fully saturated rings. The van der Waals surface area contributed by atoms with Crippen molar-refractivity contribution >= 4 is 21.6 Å². The highest BCUT2D eigenvalue weighted by Crippen LogP contribution is 2.26. The van der Waals surface area contributed by atoms with Crippen molar-refractivity contribution in [3.05, 3.63) is 29.3 Å². The van der Waals surface area contributed by atoms with E-state index in [0.717, 1.165) is 42.5 Å². The Kier molecular flexibility index (Phi) is 6.40. The lowest BCUT2D eigenvalue weighted by Gasteiger charge is -2.31. The topological polar surface area (TPSA) is 66.5 Å². The predicted octanol–water partition coefficient (Wildman–Crippen LogP) is 2.81. The first kappa shape index (κ1) is 18.9. The highest BCUT2D eigenvalue weighted by atomic mass is 32.2. The molecule has 1 aromatic rings. The summed E-state index contributed by atoms with van der Waals surface area (Å²) in [5.41, 5.74) is 3.15. The molecule has 5 nitrogen and oxygen atoms in total. The van der Waals surface area contributed by atoms with E-state index in [4.69, 9.17) is 0 Å². The summed E-state index contributed by atoms with van der Waals surface area (Å²) in [6.07, 6.45) is 3.17. The van der Waals surface area contributed by atoms with E-state index >= 15 is 0 Å². The highest BCUT2D eigenvalue weighted by Gasteiger charge is 2.31. The second kappa shape index (κ2) is 8.12. The van der Waals surface area contributed by atoms with Crippen molar-refractivity contribution in [2.75, 3.05) is 24.2 Å². The molecule has 1 atom stereocenters. The Morgan fingerprint density at radius 1 is 1.21 bits per heavy atom. The molecule has 1 heterocycles. The summed E-state index contributed by atoms with van der Waals surface area (Å²) in [6.45, 7) is 6.59. The predicted molar refractivity (Wildman–Crippen MR) is 97.6 cm³/mol. The summed E-state index contributed by atoms with van der Waals surface area (Å²) in [7, 11) is -3.23. The van der Waals surface area contributed by atoms with Gasteiger partial charge in [-0.3, -0.25) is 4.79 Å². The average Bonchev–Trinajstić information content (AvgIpc) is 2.61. The van der Waals surface area contributed by atoms with Crippen molar-refractivity contribution < 1.29 is 13.2 Å². The minimum atomic E-state index is -3.23. The number of para-hydroxylation sites is 1. The molecular weight excluding hydrogens is 324 g/mol. The summed E-state index contributed by atoms with van der Waals surface area (Å²) < 4.78 is 25.6. The van der Waals surface area contributed by atoms with Gasteiger partial charge in [-0.15, -0.1) is 0 Å². The van der Waals surface area contributed by atoms with Crippen LogP contribution >= 0.6 is 0 Å². The zero-order valence-electron chi connectivity index (χ0n) is 14.8. The van der Waals surface area contributed by atoms with Crippen LogP contribution in [-0.2, 0) is 27.7 Å². The van der Waals surface area contributed by atoms with Gasteiger partial charge >= 0.3 is 0 Å². The van der Waals surface area contributed by atoms with Gasteiger partial charge in [-0.25, -0.2) is 12.7 Å². The molecule has 134 valence electrons. The van der Waals surface area contributed by atoms with Gasteiger partial charge in [-0.1, -0.05) is 32.0 Å². The van der Waals surface area contributed by atoms with Crippen LogP contribution in [0.5, 0.6) is 0 Å². The van der Waals surface area contributed by atoms with Crippen LogP contribution in [-0.4, -0.2) is 37.5 Å². The van der Waals surface area contributed by atoms with Crippen molar-refractivity contribution in [2.45, 2.75) is 46.5 Å². The molecule has 0 radical (unpaired) electrons. The Bertz CT molecular complexity index is 663. The molecule has 1 aromatic carbocycles. The van der Waals surface area contributed by atoms with Crippen LogP contribution in [0.25, 0.3) is 0 Å². The fourth-order valence-corrected chi connectivity index (χ4v) is 4.40. The lowest BCUT2D eigenvalue weighted by molar-refractivity contribution is -0.120. The monoisotopic (exact) mass is 352 g/mol. The summed E-state index contributed by atoms with van der Waals surface area (Å²) in [6, 6.07) is 6.08. The SMILES string of the molecule is CCc1cccc(CC)c1NC(=O)[C@H]1CCCN(S(=O)(=O)CC)C1. The Balaban J connectivity index is 2.16. The number of sulfonamides is 1. The van der Waals surface area contributed by atoms with Crippen LogP contribution in [0.3, 0.4) is 0 Å². The number of nitrogens with one attached hydrogen (secondary N) is 1. The first-order valence-electron chi connectivity index (χ1n) is 8.82. The summed E-state index contributed by atoms with van der Waals surface area (Å²) in [4.78, 5) is 12.7. The van der Waals surface area contributed by atoms with Gasteiger partial charge in [-0.2, -0.15) is 0 Å². The average molecular weight is 353 g/mol. The van der Waals surface area contributed by atoms with E-state index in [2.05, 4.69) is 19.2 Å². The van der Waals surface area contributed by atoms with Crippen molar-refractivity contribution in [3.8, 4) is 0 Å². The lowest BCUT2D eigenvalue weighted by Crippen LogP contribution is -2.44. The Labute approximate surface area is 145 Å². The first-order chi connectivity index (χ1) is 11.4. The van der Waals surface area contributed by atoms with Gasteiger partial charge in [0.25, 0.3) is 0 Å². The van der Waals surface area contributed by atoms with E-state index in [1.807, 2.05) is 18.2 Å². The number of carbonyl (C=O) groups excluding carboxylic acids is 1.